The van der Waals surface area contributed by atoms with Crippen molar-refractivity contribution in [1.29, 1.82) is 0 Å². The summed E-state index contributed by atoms with van der Waals surface area (Å²) < 4.78 is 0.298. The van der Waals surface area contributed by atoms with Crippen LogP contribution in [-0.2, 0) is 0 Å². The zero-order valence-electron chi connectivity index (χ0n) is 10.7. The zero-order valence-corrected chi connectivity index (χ0v) is 12.3. The molecule has 0 aromatic heterocycles. The molecule has 0 heterocycles. The van der Waals surface area contributed by atoms with Gasteiger partial charge < -0.3 is 11.1 Å². The van der Waals surface area contributed by atoms with Crippen molar-refractivity contribution in [1.82, 2.24) is 5.32 Å². The minimum Gasteiger partial charge on any atom is -0.385 e. The maximum atomic E-state index is 12.2. The highest BCUT2D eigenvalue weighted by molar-refractivity contribution is 8.23. The third-order valence-electron chi connectivity index (χ3n) is 2.63. The minimum absolute atomic E-state index is 0.150. The predicted molar refractivity (Wildman–Crippen MR) is 87.5 cm³/mol. The molecule has 102 valence electrons. The normalized spacial score (nSPS) is 11.6. The quantitative estimate of drug-likeness (QED) is 0.673. The first-order chi connectivity index (χ1) is 9.66. The number of nitrogens with one attached hydrogen (secondary N) is 1. The van der Waals surface area contributed by atoms with Gasteiger partial charge >= 0.3 is 0 Å². The van der Waals surface area contributed by atoms with E-state index in [1.165, 1.54) is 11.8 Å². The van der Waals surface area contributed by atoms with E-state index in [-0.39, 0.29) is 11.3 Å². The number of carbonyl (C=O) groups is 1. The van der Waals surface area contributed by atoms with E-state index in [1.807, 2.05) is 48.5 Å². The van der Waals surface area contributed by atoms with Crippen molar-refractivity contribution in [2.75, 3.05) is 0 Å². The summed E-state index contributed by atoms with van der Waals surface area (Å²) in [5.41, 5.74) is 7.15. The zero-order chi connectivity index (χ0) is 14.4. The molecule has 0 aliphatic rings. The summed E-state index contributed by atoms with van der Waals surface area (Å²) in [7, 11) is 0. The van der Waals surface area contributed by atoms with Crippen LogP contribution in [0.5, 0.6) is 0 Å². The van der Waals surface area contributed by atoms with Gasteiger partial charge in [0.05, 0.1) is 0 Å². The molecule has 2 aromatic rings. The van der Waals surface area contributed by atoms with E-state index in [1.54, 1.807) is 12.1 Å². The van der Waals surface area contributed by atoms with Crippen LogP contribution in [0.1, 0.15) is 21.3 Å². The molecule has 2 aromatic carbocycles. The van der Waals surface area contributed by atoms with Gasteiger partial charge in [0.2, 0.25) is 0 Å². The van der Waals surface area contributed by atoms with Gasteiger partial charge in [-0.3, -0.25) is 4.79 Å². The van der Waals surface area contributed by atoms with Crippen LogP contribution >= 0.6 is 24.0 Å². The van der Waals surface area contributed by atoms with E-state index in [2.05, 4.69) is 5.32 Å². The minimum atomic E-state index is -0.290. The van der Waals surface area contributed by atoms with Gasteiger partial charge in [-0.25, -0.2) is 0 Å². The molecule has 1 unspecified atom stereocenters. The number of amides is 1. The molecule has 3 N–H and O–H groups in total. The fourth-order valence-corrected chi connectivity index (χ4v) is 2.70. The smallest absolute Gasteiger partial charge is 0.252 e. The lowest BCUT2D eigenvalue weighted by atomic mass is 10.2. The topological polar surface area (TPSA) is 55.1 Å². The fourth-order valence-electron chi connectivity index (χ4n) is 1.72. The molecular weight excluding hydrogens is 288 g/mol. The molecule has 1 atom stereocenters. The van der Waals surface area contributed by atoms with E-state index < -0.39 is 0 Å². The molecule has 0 aliphatic carbocycles. The van der Waals surface area contributed by atoms with Crippen LogP contribution < -0.4 is 11.1 Å². The molecule has 20 heavy (non-hydrogen) atoms. The van der Waals surface area contributed by atoms with Crippen molar-refractivity contribution in [2.45, 2.75) is 5.37 Å². The number of carbonyl (C=O) groups excluding carboxylic acids is 1. The molecule has 0 saturated carbocycles. The van der Waals surface area contributed by atoms with Crippen molar-refractivity contribution in [3.63, 3.8) is 0 Å². The summed E-state index contributed by atoms with van der Waals surface area (Å²) in [5.74, 6) is -0.150. The fraction of sp³-hybridized carbons (Fsp3) is 0.0667. The highest BCUT2D eigenvalue weighted by Crippen LogP contribution is 2.26. The van der Waals surface area contributed by atoms with Crippen LogP contribution in [0.4, 0.5) is 0 Å². The van der Waals surface area contributed by atoms with Gasteiger partial charge in [0.25, 0.3) is 5.91 Å². The Kier molecular flexibility index (Phi) is 5.15. The maximum Gasteiger partial charge on any atom is 0.252 e. The first-order valence-corrected chi connectivity index (χ1v) is 7.32. The number of hydrogen-bond acceptors (Lipinski definition) is 3. The van der Waals surface area contributed by atoms with E-state index in [0.717, 1.165) is 5.56 Å². The molecule has 0 saturated heterocycles. The second-order valence-electron chi connectivity index (χ2n) is 4.07. The third kappa shape index (κ3) is 4.08. The molecule has 2 rings (SSSR count). The number of rotatable bonds is 4. The lowest BCUT2D eigenvalue weighted by Crippen LogP contribution is -2.28. The summed E-state index contributed by atoms with van der Waals surface area (Å²) in [4.78, 5) is 12.2. The van der Waals surface area contributed by atoms with Gasteiger partial charge in [0.15, 0.2) is 0 Å². The Morgan fingerprint density at radius 3 is 2.15 bits per heavy atom. The molecule has 1 amide bonds. The lowest BCUT2D eigenvalue weighted by Gasteiger charge is -2.18. The molecule has 0 spiro atoms. The van der Waals surface area contributed by atoms with E-state index in [4.69, 9.17) is 18.0 Å². The average molecular weight is 302 g/mol. The number of benzene rings is 2. The van der Waals surface area contributed by atoms with Crippen molar-refractivity contribution in [2.24, 2.45) is 5.73 Å². The highest BCUT2D eigenvalue weighted by atomic mass is 32.2. The van der Waals surface area contributed by atoms with Gasteiger partial charge in [-0.15, -0.1) is 0 Å². The molecular formula is C15H14N2OS2. The van der Waals surface area contributed by atoms with Crippen LogP contribution in [-0.4, -0.2) is 10.2 Å². The summed E-state index contributed by atoms with van der Waals surface area (Å²) in [6, 6.07) is 18.7. The largest absolute Gasteiger partial charge is 0.385 e. The lowest BCUT2D eigenvalue weighted by molar-refractivity contribution is 0.0950. The molecule has 5 heteroatoms. The van der Waals surface area contributed by atoms with Gasteiger partial charge in [0, 0.05) is 5.56 Å². The standard InChI is InChI=1S/C15H14N2OS2/c16-15(19)20-14(12-9-5-2-6-10-12)17-13(18)11-7-3-1-4-8-11/h1-10,14H,(H2,16,19)(H,17,18). The van der Waals surface area contributed by atoms with Crippen molar-refractivity contribution >= 4 is 34.2 Å². The van der Waals surface area contributed by atoms with Gasteiger partial charge in [-0.1, -0.05) is 72.5 Å². The molecule has 3 nitrogen and oxygen atoms in total. The van der Waals surface area contributed by atoms with Crippen LogP contribution in [0.15, 0.2) is 60.7 Å². The second kappa shape index (κ2) is 7.07. The average Bonchev–Trinajstić information content (AvgIpc) is 2.48. The monoisotopic (exact) mass is 302 g/mol. The van der Waals surface area contributed by atoms with Crippen molar-refractivity contribution in [3.05, 3.63) is 71.8 Å². The number of nitrogens with two attached hydrogens (primary N) is 1. The van der Waals surface area contributed by atoms with Crippen LogP contribution in [0.2, 0.25) is 0 Å². The van der Waals surface area contributed by atoms with Crippen LogP contribution in [0.25, 0.3) is 0 Å². The maximum absolute atomic E-state index is 12.2. The van der Waals surface area contributed by atoms with Gasteiger partial charge in [-0.2, -0.15) is 0 Å². The van der Waals surface area contributed by atoms with E-state index in [9.17, 15) is 4.79 Å². The van der Waals surface area contributed by atoms with Crippen LogP contribution in [0, 0.1) is 0 Å². The molecule has 0 aliphatic heterocycles. The van der Waals surface area contributed by atoms with Gasteiger partial charge in [0.1, 0.15) is 9.69 Å². The molecule has 0 radical (unpaired) electrons. The predicted octanol–water partition coefficient (Wildman–Crippen LogP) is 3.09. The number of hydrogen-bond donors (Lipinski definition) is 2. The first-order valence-electron chi connectivity index (χ1n) is 6.04. The Morgan fingerprint density at radius 1 is 1.05 bits per heavy atom. The Bertz CT molecular complexity index is 587. The summed E-state index contributed by atoms with van der Waals surface area (Å²) >= 11 is 6.18. The molecule has 0 fully saturated rings. The van der Waals surface area contributed by atoms with Gasteiger partial charge in [-0.05, 0) is 17.7 Å². The SMILES string of the molecule is NC(=S)SC(NC(=O)c1ccccc1)c1ccccc1. The highest BCUT2D eigenvalue weighted by Gasteiger charge is 2.17. The van der Waals surface area contributed by atoms with Crippen molar-refractivity contribution < 1.29 is 4.79 Å². The Labute approximate surface area is 127 Å². The summed E-state index contributed by atoms with van der Waals surface area (Å²) in [6.45, 7) is 0. The Balaban J connectivity index is 2.16. The summed E-state index contributed by atoms with van der Waals surface area (Å²) in [5, 5.41) is 2.65. The Hall–Kier alpha value is -1.85. The molecule has 0 bridgehead atoms. The van der Waals surface area contributed by atoms with E-state index in [0.29, 0.717) is 9.88 Å². The second-order valence-corrected chi connectivity index (χ2v) is 5.91. The Morgan fingerprint density at radius 2 is 1.60 bits per heavy atom. The number of thiocarbonyl (C=S) groups is 1. The third-order valence-corrected chi connectivity index (χ3v) is 3.78. The summed E-state index contributed by atoms with van der Waals surface area (Å²) in [6.07, 6.45) is 0. The number of thioether (sulfide) groups is 1. The van der Waals surface area contributed by atoms with Crippen molar-refractivity contribution in [3.8, 4) is 0 Å². The van der Waals surface area contributed by atoms with E-state index >= 15 is 0 Å². The van der Waals surface area contributed by atoms with Crippen LogP contribution in [0.3, 0.4) is 0 Å². The first kappa shape index (κ1) is 14.6.